The Morgan fingerprint density at radius 3 is 2.61 bits per heavy atom. The summed E-state index contributed by atoms with van der Waals surface area (Å²) < 4.78 is 23.8. The van der Waals surface area contributed by atoms with E-state index in [-0.39, 0.29) is 29.9 Å². The third-order valence-corrected chi connectivity index (χ3v) is 4.84. The lowest BCUT2D eigenvalue weighted by atomic mass is 10.1. The quantitative estimate of drug-likeness (QED) is 0.328. The van der Waals surface area contributed by atoms with E-state index >= 15 is 0 Å². The van der Waals surface area contributed by atoms with Gasteiger partial charge in [0.2, 0.25) is 0 Å². The summed E-state index contributed by atoms with van der Waals surface area (Å²) in [5.41, 5.74) is 0.644. The SMILES string of the molecule is O=C(CSc1nnc(COc2ccc(F)cc2)o1)c1ccc2ccccc2c1. The molecule has 0 saturated heterocycles. The summed E-state index contributed by atoms with van der Waals surface area (Å²) in [6, 6.07) is 19.2. The van der Waals surface area contributed by atoms with Crippen molar-refractivity contribution in [1.82, 2.24) is 10.2 Å². The molecular formula is C21H15FN2O3S. The Morgan fingerprint density at radius 2 is 1.79 bits per heavy atom. The lowest BCUT2D eigenvalue weighted by Gasteiger charge is -2.02. The van der Waals surface area contributed by atoms with Crippen LogP contribution in [0.1, 0.15) is 16.2 Å². The average Bonchev–Trinajstić information content (AvgIpc) is 3.19. The number of hydrogen-bond acceptors (Lipinski definition) is 6. The number of carbonyl (C=O) groups is 1. The van der Waals surface area contributed by atoms with Gasteiger partial charge in [-0.3, -0.25) is 4.79 Å². The van der Waals surface area contributed by atoms with Crippen molar-refractivity contribution in [3.05, 3.63) is 84.0 Å². The van der Waals surface area contributed by atoms with Gasteiger partial charge in [-0.05, 0) is 41.1 Å². The molecule has 7 heteroatoms. The predicted molar refractivity (Wildman–Crippen MR) is 104 cm³/mol. The minimum Gasteiger partial charge on any atom is -0.484 e. The number of aromatic nitrogens is 2. The second-order valence-electron chi connectivity index (χ2n) is 5.98. The van der Waals surface area contributed by atoms with Crippen molar-refractivity contribution >= 4 is 28.3 Å². The normalized spacial score (nSPS) is 10.9. The highest BCUT2D eigenvalue weighted by Gasteiger charge is 2.12. The van der Waals surface area contributed by atoms with E-state index in [1.165, 1.54) is 36.0 Å². The van der Waals surface area contributed by atoms with Crippen LogP contribution in [-0.4, -0.2) is 21.7 Å². The number of rotatable bonds is 7. The van der Waals surface area contributed by atoms with E-state index in [0.29, 0.717) is 16.5 Å². The van der Waals surface area contributed by atoms with Gasteiger partial charge in [-0.2, -0.15) is 0 Å². The smallest absolute Gasteiger partial charge is 0.277 e. The first-order valence-electron chi connectivity index (χ1n) is 8.53. The number of Topliss-reactive ketones (excluding diaryl/α,β-unsaturated/α-hetero) is 1. The Bertz CT molecular complexity index is 1110. The molecule has 4 rings (SSSR count). The number of nitrogens with zero attached hydrogens (tertiary/aromatic N) is 2. The van der Waals surface area contributed by atoms with Crippen LogP contribution >= 0.6 is 11.8 Å². The van der Waals surface area contributed by atoms with E-state index in [4.69, 9.17) is 9.15 Å². The molecule has 0 atom stereocenters. The largest absolute Gasteiger partial charge is 0.484 e. The van der Waals surface area contributed by atoms with Crippen LogP contribution in [0.3, 0.4) is 0 Å². The van der Waals surface area contributed by atoms with Crippen molar-refractivity contribution in [3.8, 4) is 5.75 Å². The van der Waals surface area contributed by atoms with Gasteiger partial charge in [-0.1, -0.05) is 48.2 Å². The highest BCUT2D eigenvalue weighted by Crippen LogP contribution is 2.21. The first-order valence-corrected chi connectivity index (χ1v) is 9.51. The van der Waals surface area contributed by atoms with Crippen LogP contribution in [0, 0.1) is 5.82 Å². The van der Waals surface area contributed by atoms with Gasteiger partial charge in [-0.25, -0.2) is 4.39 Å². The number of carbonyl (C=O) groups excluding carboxylic acids is 1. The van der Waals surface area contributed by atoms with E-state index in [0.717, 1.165) is 10.8 Å². The molecule has 4 aromatic rings. The Morgan fingerprint density at radius 1 is 1.00 bits per heavy atom. The Hall–Kier alpha value is -3.19. The molecule has 0 bridgehead atoms. The van der Waals surface area contributed by atoms with Crippen molar-refractivity contribution in [2.45, 2.75) is 11.8 Å². The van der Waals surface area contributed by atoms with Gasteiger partial charge in [0.25, 0.3) is 11.1 Å². The van der Waals surface area contributed by atoms with Gasteiger partial charge in [0.1, 0.15) is 11.6 Å². The predicted octanol–water partition coefficient (Wildman–Crippen LogP) is 4.92. The zero-order valence-corrected chi connectivity index (χ0v) is 15.5. The van der Waals surface area contributed by atoms with Crippen molar-refractivity contribution in [1.29, 1.82) is 0 Å². The summed E-state index contributed by atoms with van der Waals surface area (Å²) in [6.07, 6.45) is 0. The maximum absolute atomic E-state index is 12.9. The Kier molecular flexibility index (Phi) is 5.34. The summed E-state index contributed by atoms with van der Waals surface area (Å²) in [5.74, 6) is 0.627. The zero-order valence-electron chi connectivity index (χ0n) is 14.7. The fourth-order valence-corrected chi connectivity index (χ4v) is 3.28. The van der Waals surface area contributed by atoms with Gasteiger partial charge >= 0.3 is 0 Å². The first kappa shape index (κ1) is 18.2. The molecule has 0 radical (unpaired) electrons. The van der Waals surface area contributed by atoms with Crippen LogP contribution < -0.4 is 4.74 Å². The monoisotopic (exact) mass is 394 g/mol. The number of thioether (sulfide) groups is 1. The minimum atomic E-state index is -0.333. The minimum absolute atomic E-state index is 0.0157. The standard InChI is InChI=1S/C21H15FN2O3S/c22-17-7-9-18(10-8-17)26-12-20-23-24-21(27-20)28-13-19(25)16-6-5-14-3-1-2-4-15(14)11-16/h1-11H,12-13H2. The number of benzene rings is 3. The molecule has 140 valence electrons. The lowest BCUT2D eigenvalue weighted by molar-refractivity contribution is 0.102. The summed E-state index contributed by atoms with van der Waals surface area (Å²) in [6.45, 7) is 0.0673. The molecule has 0 aliphatic rings. The molecule has 0 saturated carbocycles. The maximum Gasteiger partial charge on any atom is 0.277 e. The fraction of sp³-hybridized carbons (Fsp3) is 0.0952. The van der Waals surface area contributed by atoms with Gasteiger partial charge in [0.15, 0.2) is 12.4 Å². The van der Waals surface area contributed by atoms with Crippen LogP contribution in [0.25, 0.3) is 10.8 Å². The van der Waals surface area contributed by atoms with Gasteiger partial charge in [-0.15, -0.1) is 10.2 Å². The third-order valence-electron chi connectivity index (χ3n) is 4.02. The highest BCUT2D eigenvalue weighted by atomic mass is 32.2. The molecule has 1 heterocycles. The van der Waals surface area contributed by atoms with Crippen LogP contribution in [0.2, 0.25) is 0 Å². The maximum atomic E-state index is 12.9. The van der Waals surface area contributed by atoms with Crippen LogP contribution in [-0.2, 0) is 6.61 Å². The molecule has 0 unspecified atom stereocenters. The van der Waals surface area contributed by atoms with Crippen molar-refractivity contribution in [2.24, 2.45) is 0 Å². The van der Waals surface area contributed by atoms with E-state index in [9.17, 15) is 9.18 Å². The van der Waals surface area contributed by atoms with Crippen LogP contribution in [0.4, 0.5) is 4.39 Å². The number of hydrogen-bond donors (Lipinski definition) is 0. The Labute approximate surface area is 164 Å². The molecule has 1 aromatic heterocycles. The lowest BCUT2D eigenvalue weighted by Crippen LogP contribution is -2.02. The second-order valence-corrected chi connectivity index (χ2v) is 6.90. The third kappa shape index (κ3) is 4.37. The van der Waals surface area contributed by atoms with Crippen molar-refractivity contribution in [2.75, 3.05) is 5.75 Å². The van der Waals surface area contributed by atoms with Crippen molar-refractivity contribution in [3.63, 3.8) is 0 Å². The number of ketones is 1. The van der Waals surface area contributed by atoms with Gasteiger partial charge < -0.3 is 9.15 Å². The molecule has 0 amide bonds. The molecule has 0 spiro atoms. The summed E-state index contributed by atoms with van der Waals surface area (Å²) in [5, 5.41) is 10.2. The summed E-state index contributed by atoms with van der Waals surface area (Å²) in [7, 11) is 0. The molecule has 0 fully saturated rings. The van der Waals surface area contributed by atoms with E-state index in [2.05, 4.69) is 10.2 Å². The summed E-state index contributed by atoms with van der Waals surface area (Å²) in [4.78, 5) is 12.4. The fourth-order valence-electron chi connectivity index (χ4n) is 2.60. The molecule has 5 nitrogen and oxygen atoms in total. The molecule has 0 N–H and O–H groups in total. The van der Waals surface area contributed by atoms with E-state index in [1.807, 2.05) is 42.5 Å². The van der Waals surface area contributed by atoms with Gasteiger partial charge in [0.05, 0.1) is 5.75 Å². The molecule has 3 aromatic carbocycles. The molecular weight excluding hydrogens is 379 g/mol. The number of halogens is 1. The van der Waals surface area contributed by atoms with Crippen LogP contribution in [0.5, 0.6) is 5.75 Å². The van der Waals surface area contributed by atoms with Crippen molar-refractivity contribution < 1.29 is 18.3 Å². The Balaban J connectivity index is 1.33. The highest BCUT2D eigenvalue weighted by molar-refractivity contribution is 7.99. The molecule has 0 aliphatic heterocycles. The number of ether oxygens (including phenoxy) is 1. The van der Waals surface area contributed by atoms with Crippen LogP contribution in [0.15, 0.2) is 76.4 Å². The molecule has 28 heavy (non-hydrogen) atoms. The average molecular weight is 394 g/mol. The summed E-state index contributed by atoms with van der Waals surface area (Å²) >= 11 is 1.18. The number of fused-ring (bicyclic) bond motifs is 1. The first-order chi connectivity index (χ1) is 13.7. The van der Waals surface area contributed by atoms with E-state index < -0.39 is 0 Å². The van der Waals surface area contributed by atoms with Gasteiger partial charge in [0, 0.05) is 5.56 Å². The zero-order chi connectivity index (χ0) is 19.3. The van der Waals surface area contributed by atoms with E-state index in [1.54, 1.807) is 0 Å². The topological polar surface area (TPSA) is 65.2 Å². The molecule has 0 aliphatic carbocycles. The second kappa shape index (κ2) is 8.22.